The summed E-state index contributed by atoms with van der Waals surface area (Å²) < 4.78 is 27.1. The second kappa shape index (κ2) is 8.82. The summed E-state index contributed by atoms with van der Waals surface area (Å²) in [4.78, 5) is 13.9. The Bertz CT molecular complexity index is 656. The molecule has 0 aromatic carbocycles. The molecule has 1 aromatic heterocycles. The predicted molar refractivity (Wildman–Crippen MR) is 99.3 cm³/mol. The van der Waals surface area contributed by atoms with Crippen molar-refractivity contribution < 1.29 is 13.2 Å². The van der Waals surface area contributed by atoms with E-state index in [0.717, 1.165) is 11.3 Å². The monoisotopic (exact) mass is 415 g/mol. The van der Waals surface area contributed by atoms with Crippen molar-refractivity contribution in [1.82, 2.24) is 9.21 Å². The van der Waals surface area contributed by atoms with E-state index < -0.39 is 16.1 Å². The third-order valence-electron chi connectivity index (χ3n) is 3.74. The maximum Gasteiger partial charge on any atom is 0.252 e. The van der Waals surface area contributed by atoms with Gasteiger partial charge in [0.05, 0.1) is 10.4 Å². The highest BCUT2D eigenvalue weighted by atomic mass is 35.5. The van der Waals surface area contributed by atoms with E-state index in [1.54, 1.807) is 11.0 Å². The predicted octanol–water partition coefficient (Wildman–Crippen LogP) is 2.03. The van der Waals surface area contributed by atoms with Gasteiger partial charge in [0.1, 0.15) is 4.21 Å². The minimum Gasteiger partial charge on any atom is -0.339 e. The fraction of sp³-hybridized carbons (Fsp3) is 0.643. The number of carbonyl (C=O) groups excluding carboxylic acids is 1. The van der Waals surface area contributed by atoms with Gasteiger partial charge in [-0.25, -0.2) is 8.42 Å². The Balaban J connectivity index is 0.00000288. The maximum atomic E-state index is 12.5. The Hall–Kier alpha value is -0.380. The second-order valence-electron chi connectivity index (χ2n) is 6.02. The fourth-order valence-electron chi connectivity index (χ4n) is 2.56. The highest BCUT2D eigenvalue weighted by Gasteiger charge is 2.32. The van der Waals surface area contributed by atoms with Crippen LogP contribution in [0.25, 0.3) is 0 Å². The molecule has 138 valence electrons. The van der Waals surface area contributed by atoms with Crippen LogP contribution in [0.1, 0.15) is 20.3 Å². The molecule has 0 spiro atoms. The molecule has 0 unspecified atom stereocenters. The van der Waals surface area contributed by atoms with Crippen LogP contribution < -0.4 is 5.73 Å². The number of hydrogen-bond acceptors (Lipinski definition) is 5. The van der Waals surface area contributed by atoms with Crippen molar-refractivity contribution in [3.8, 4) is 0 Å². The summed E-state index contributed by atoms with van der Waals surface area (Å²) in [5, 5.41) is 0. The lowest BCUT2D eigenvalue weighted by Crippen LogP contribution is -2.54. The molecule has 1 aromatic rings. The van der Waals surface area contributed by atoms with E-state index in [0.29, 0.717) is 29.8 Å². The van der Waals surface area contributed by atoms with E-state index >= 15 is 0 Å². The summed E-state index contributed by atoms with van der Waals surface area (Å²) in [5.74, 6) is 0.245. The number of halogens is 2. The van der Waals surface area contributed by atoms with Crippen LogP contribution in [-0.4, -0.2) is 55.8 Å². The normalized spacial score (nSPS) is 17.6. The van der Waals surface area contributed by atoms with Gasteiger partial charge in [-0.1, -0.05) is 25.4 Å². The number of thiophene rings is 1. The fourth-order valence-corrected chi connectivity index (χ4v) is 5.61. The van der Waals surface area contributed by atoms with E-state index in [2.05, 4.69) is 0 Å². The SMILES string of the molecule is CC(C)C[C@H](N)C(=O)N1CCN(S(=O)(=O)c2ccc(Cl)s2)CC1.Cl. The average molecular weight is 416 g/mol. The van der Waals surface area contributed by atoms with Gasteiger partial charge in [-0.05, 0) is 24.5 Å². The van der Waals surface area contributed by atoms with Gasteiger partial charge in [-0.2, -0.15) is 4.31 Å². The van der Waals surface area contributed by atoms with Gasteiger partial charge in [0, 0.05) is 26.2 Å². The number of hydrogen-bond donors (Lipinski definition) is 1. The smallest absolute Gasteiger partial charge is 0.252 e. The first kappa shape index (κ1) is 21.7. The average Bonchev–Trinajstić information content (AvgIpc) is 2.93. The number of piperazine rings is 1. The largest absolute Gasteiger partial charge is 0.339 e. The quantitative estimate of drug-likeness (QED) is 0.796. The summed E-state index contributed by atoms with van der Waals surface area (Å²) in [6, 6.07) is 2.57. The van der Waals surface area contributed by atoms with Crippen molar-refractivity contribution in [2.75, 3.05) is 26.2 Å². The van der Waals surface area contributed by atoms with Crippen molar-refractivity contribution in [3.63, 3.8) is 0 Å². The molecule has 0 aliphatic carbocycles. The zero-order valence-corrected chi connectivity index (χ0v) is 16.8. The molecule has 1 aliphatic heterocycles. The van der Waals surface area contributed by atoms with Crippen LogP contribution in [-0.2, 0) is 14.8 Å². The number of carbonyl (C=O) groups is 1. The van der Waals surface area contributed by atoms with Crippen LogP contribution >= 0.6 is 35.3 Å². The summed E-state index contributed by atoms with van der Waals surface area (Å²) in [6.45, 7) is 5.32. The molecule has 0 saturated carbocycles. The molecule has 2 heterocycles. The van der Waals surface area contributed by atoms with Crippen LogP contribution in [0, 0.1) is 5.92 Å². The zero-order valence-electron chi connectivity index (χ0n) is 13.6. The molecular formula is C14H23Cl2N3O3S2. The molecular weight excluding hydrogens is 393 g/mol. The van der Waals surface area contributed by atoms with Gasteiger partial charge < -0.3 is 10.6 Å². The minimum absolute atomic E-state index is 0. The highest BCUT2D eigenvalue weighted by molar-refractivity contribution is 7.91. The van der Waals surface area contributed by atoms with E-state index in [1.807, 2.05) is 13.8 Å². The lowest BCUT2D eigenvalue weighted by molar-refractivity contribution is -0.134. The molecule has 0 bridgehead atoms. The number of rotatable bonds is 5. The minimum atomic E-state index is -3.53. The van der Waals surface area contributed by atoms with Crippen LogP contribution in [0.5, 0.6) is 0 Å². The molecule has 6 nitrogen and oxygen atoms in total. The molecule has 1 saturated heterocycles. The Morgan fingerprint density at radius 1 is 1.29 bits per heavy atom. The Kier molecular flexibility index (Phi) is 7.96. The van der Waals surface area contributed by atoms with E-state index in [4.69, 9.17) is 17.3 Å². The highest BCUT2D eigenvalue weighted by Crippen LogP contribution is 2.28. The van der Waals surface area contributed by atoms with Crippen molar-refractivity contribution in [2.45, 2.75) is 30.5 Å². The summed E-state index contributed by atoms with van der Waals surface area (Å²) in [6.07, 6.45) is 0.630. The van der Waals surface area contributed by atoms with Crippen molar-refractivity contribution in [1.29, 1.82) is 0 Å². The first-order chi connectivity index (χ1) is 10.7. The Morgan fingerprint density at radius 3 is 2.33 bits per heavy atom. The number of nitrogens with zero attached hydrogens (tertiary/aromatic N) is 2. The molecule has 0 radical (unpaired) electrons. The van der Waals surface area contributed by atoms with Gasteiger partial charge in [-0.15, -0.1) is 23.7 Å². The molecule has 1 amide bonds. The second-order valence-corrected chi connectivity index (χ2v) is 9.90. The number of amides is 1. The van der Waals surface area contributed by atoms with Crippen LogP contribution in [0.4, 0.5) is 0 Å². The summed E-state index contributed by atoms with van der Waals surface area (Å²) >= 11 is 6.86. The van der Waals surface area contributed by atoms with Gasteiger partial charge >= 0.3 is 0 Å². The molecule has 1 fully saturated rings. The first-order valence-electron chi connectivity index (χ1n) is 7.51. The lowest BCUT2D eigenvalue weighted by atomic mass is 10.0. The standard InChI is InChI=1S/C14H22ClN3O3S2.ClH/c1-10(2)9-11(16)14(19)17-5-7-18(8-6-17)23(20,21)13-4-3-12(15)22-13;/h3-4,10-11H,5-9,16H2,1-2H3;1H/t11-;/m0./s1. The molecule has 2 N–H and O–H groups in total. The lowest BCUT2D eigenvalue weighted by Gasteiger charge is -2.35. The van der Waals surface area contributed by atoms with E-state index in [1.165, 1.54) is 10.4 Å². The molecule has 10 heteroatoms. The van der Waals surface area contributed by atoms with Crippen molar-refractivity contribution >= 4 is 51.3 Å². The first-order valence-corrected chi connectivity index (χ1v) is 10.1. The zero-order chi connectivity index (χ0) is 17.2. The number of sulfonamides is 1. The van der Waals surface area contributed by atoms with Crippen molar-refractivity contribution in [3.05, 3.63) is 16.5 Å². The Labute approximate surface area is 158 Å². The molecule has 1 atom stereocenters. The summed E-state index contributed by atoms with van der Waals surface area (Å²) in [7, 11) is -3.53. The number of nitrogens with two attached hydrogens (primary N) is 1. The van der Waals surface area contributed by atoms with E-state index in [-0.39, 0.29) is 35.6 Å². The third-order valence-corrected chi connectivity index (χ3v) is 7.33. The molecule has 2 rings (SSSR count). The van der Waals surface area contributed by atoms with Gasteiger partial charge in [0.2, 0.25) is 5.91 Å². The van der Waals surface area contributed by atoms with Gasteiger partial charge in [-0.3, -0.25) is 4.79 Å². The van der Waals surface area contributed by atoms with Crippen LogP contribution in [0.3, 0.4) is 0 Å². The van der Waals surface area contributed by atoms with Crippen LogP contribution in [0.15, 0.2) is 16.3 Å². The topological polar surface area (TPSA) is 83.7 Å². The maximum absolute atomic E-state index is 12.5. The summed E-state index contributed by atoms with van der Waals surface area (Å²) in [5.41, 5.74) is 5.93. The van der Waals surface area contributed by atoms with Gasteiger partial charge in [0.15, 0.2) is 0 Å². The Morgan fingerprint density at radius 2 is 1.88 bits per heavy atom. The van der Waals surface area contributed by atoms with Crippen molar-refractivity contribution in [2.24, 2.45) is 11.7 Å². The third kappa shape index (κ3) is 5.06. The van der Waals surface area contributed by atoms with Gasteiger partial charge in [0.25, 0.3) is 10.0 Å². The molecule has 1 aliphatic rings. The van der Waals surface area contributed by atoms with Crippen LogP contribution in [0.2, 0.25) is 4.34 Å². The van der Waals surface area contributed by atoms with E-state index in [9.17, 15) is 13.2 Å². The molecule has 24 heavy (non-hydrogen) atoms.